The molecule has 0 spiro atoms. The van der Waals surface area contributed by atoms with Crippen molar-refractivity contribution in [2.75, 3.05) is 19.4 Å². The number of hydrogen-bond donors (Lipinski definition) is 6. The number of aliphatic hydroxyl groups excluding tert-OH is 2. The van der Waals surface area contributed by atoms with Crippen LogP contribution in [0.1, 0.15) is 28.0 Å². The van der Waals surface area contributed by atoms with Gasteiger partial charge in [0.25, 0.3) is 11.8 Å². The van der Waals surface area contributed by atoms with Crippen LogP contribution in [0, 0.1) is 17.7 Å². The average Bonchev–Trinajstić information content (AvgIpc) is 2.89. The molecule has 0 aliphatic heterocycles. The van der Waals surface area contributed by atoms with E-state index in [0.29, 0.717) is 0 Å². The van der Waals surface area contributed by atoms with E-state index >= 15 is 4.39 Å². The SMILES string of the molecule is CN(C)[C@@H]1C(=O)C(C(N)=O)=C(O)[C@@]2(O)C(=O)C3=C(O)c4c(O)c(NC(=O)c5ccccn5)cc(F)c4C[C@H]3C[C@@H]12. The zero-order chi connectivity index (χ0) is 29.3. The normalized spacial score (nSPS) is 25.9. The molecule has 7 N–H and O–H groups in total. The van der Waals surface area contributed by atoms with E-state index in [1.807, 2.05) is 0 Å². The molecule has 3 aliphatic carbocycles. The molecule has 208 valence electrons. The predicted molar refractivity (Wildman–Crippen MR) is 136 cm³/mol. The minimum absolute atomic E-state index is 0.0341. The highest BCUT2D eigenvalue weighted by molar-refractivity contribution is 6.24. The van der Waals surface area contributed by atoms with Crippen molar-refractivity contribution < 1.29 is 44.0 Å². The topological polar surface area (TPSA) is 203 Å². The molecule has 3 aliphatic rings. The molecule has 0 bridgehead atoms. The van der Waals surface area contributed by atoms with Crippen molar-refractivity contribution in [3.05, 3.63) is 70.0 Å². The second-order valence-corrected chi connectivity index (χ2v) is 10.2. The van der Waals surface area contributed by atoms with Crippen LogP contribution in [-0.4, -0.2) is 79.4 Å². The van der Waals surface area contributed by atoms with Crippen molar-refractivity contribution in [1.29, 1.82) is 0 Å². The number of nitrogens with zero attached hydrogens (tertiary/aromatic N) is 2. The first-order valence-corrected chi connectivity index (χ1v) is 12.2. The Morgan fingerprint density at radius 1 is 1.20 bits per heavy atom. The van der Waals surface area contributed by atoms with Crippen molar-refractivity contribution in [3.8, 4) is 5.75 Å². The molecule has 1 heterocycles. The number of likely N-dealkylation sites (N-methyl/N-ethyl adjacent to an activating group) is 1. The van der Waals surface area contributed by atoms with Gasteiger partial charge in [0, 0.05) is 29.3 Å². The van der Waals surface area contributed by atoms with Crippen LogP contribution in [0.2, 0.25) is 0 Å². The number of phenolic OH excluding ortho intramolecular Hbond substituents is 1. The number of hydrogen-bond acceptors (Lipinski definition) is 10. The number of pyridine rings is 1. The Bertz CT molecular complexity index is 1570. The summed E-state index contributed by atoms with van der Waals surface area (Å²) in [4.78, 5) is 56.8. The number of halogens is 1. The zero-order valence-corrected chi connectivity index (χ0v) is 21.3. The largest absolute Gasteiger partial charge is 0.508 e. The minimum atomic E-state index is -2.82. The quantitative estimate of drug-likeness (QED) is 0.232. The monoisotopic (exact) mass is 552 g/mol. The van der Waals surface area contributed by atoms with E-state index in [-0.39, 0.29) is 24.1 Å². The number of carbonyl (C=O) groups excluding carboxylic acids is 4. The van der Waals surface area contributed by atoms with Crippen LogP contribution in [0.3, 0.4) is 0 Å². The highest BCUT2D eigenvalue weighted by Crippen LogP contribution is 2.53. The highest BCUT2D eigenvalue weighted by atomic mass is 19.1. The van der Waals surface area contributed by atoms with Crippen molar-refractivity contribution in [2.45, 2.75) is 24.5 Å². The molecule has 0 unspecified atom stereocenters. The predicted octanol–water partition coefficient (Wildman–Crippen LogP) is 0.750. The lowest BCUT2D eigenvalue weighted by molar-refractivity contribution is -0.153. The summed E-state index contributed by atoms with van der Waals surface area (Å²) in [6.07, 6.45) is 0.963. The number of benzene rings is 1. The lowest BCUT2D eigenvalue weighted by atomic mass is 9.57. The van der Waals surface area contributed by atoms with Crippen molar-refractivity contribution >= 4 is 34.8 Å². The van der Waals surface area contributed by atoms with Crippen LogP contribution in [0.15, 0.2) is 47.4 Å². The summed E-state index contributed by atoms with van der Waals surface area (Å²) in [7, 11) is 2.96. The number of carbonyl (C=O) groups is 4. The Kier molecular flexibility index (Phi) is 6.23. The third kappa shape index (κ3) is 3.69. The van der Waals surface area contributed by atoms with Crippen LogP contribution in [0.4, 0.5) is 10.1 Å². The van der Waals surface area contributed by atoms with Crippen LogP contribution >= 0.6 is 0 Å². The van der Waals surface area contributed by atoms with E-state index in [1.165, 1.54) is 31.3 Å². The molecule has 2 aromatic rings. The molecule has 1 aromatic heterocycles. The van der Waals surface area contributed by atoms with Gasteiger partial charge in [0.05, 0.1) is 17.3 Å². The molecule has 4 atom stereocenters. The molecule has 0 saturated heterocycles. The fourth-order valence-corrected chi connectivity index (χ4v) is 6.04. The fourth-order valence-electron chi connectivity index (χ4n) is 6.04. The second-order valence-electron chi connectivity index (χ2n) is 10.2. The molecule has 0 radical (unpaired) electrons. The molecule has 1 saturated carbocycles. The fraction of sp³-hybridized carbons (Fsp3) is 0.296. The number of nitrogens with two attached hydrogens (primary N) is 1. The zero-order valence-electron chi connectivity index (χ0n) is 21.3. The summed E-state index contributed by atoms with van der Waals surface area (Å²) in [5.74, 6) is -10.2. The van der Waals surface area contributed by atoms with E-state index in [1.54, 1.807) is 12.1 Å². The summed E-state index contributed by atoms with van der Waals surface area (Å²) < 4.78 is 15.4. The minimum Gasteiger partial charge on any atom is -0.508 e. The van der Waals surface area contributed by atoms with Crippen LogP contribution in [0.5, 0.6) is 5.75 Å². The number of phenols is 1. The van der Waals surface area contributed by atoms with Crippen LogP contribution in [-0.2, 0) is 20.8 Å². The third-order valence-corrected chi connectivity index (χ3v) is 7.81. The number of Topliss-reactive ketones (excluding diaryl/α,β-unsaturated/α-hetero) is 2. The van der Waals surface area contributed by atoms with Gasteiger partial charge in [-0.2, -0.15) is 0 Å². The number of rotatable bonds is 4. The maximum atomic E-state index is 15.4. The number of aromatic nitrogens is 1. The number of aliphatic hydroxyl groups is 3. The Morgan fingerprint density at radius 3 is 2.50 bits per heavy atom. The van der Waals surface area contributed by atoms with Gasteiger partial charge >= 0.3 is 0 Å². The maximum absolute atomic E-state index is 15.4. The highest BCUT2D eigenvalue weighted by Gasteiger charge is 2.64. The number of fused-ring (bicyclic) bond motifs is 3. The summed E-state index contributed by atoms with van der Waals surface area (Å²) >= 11 is 0. The van der Waals surface area contributed by atoms with Gasteiger partial charge in [-0.15, -0.1) is 0 Å². The van der Waals surface area contributed by atoms with Gasteiger partial charge in [0.15, 0.2) is 17.1 Å². The lowest BCUT2D eigenvalue weighted by Gasteiger charge is -2.50. The first-order valence-electron chi connectivity index (χ1n) is 12.2. The molecule has 1 fully saturated rings. The van der Waals surface area contributed by atoms with Gasteiger partial charge in [-0.05, 0) is 45.0 Å². The molecule has 13 heteroatoms. The number of aromatic hydroxyl groups is 1. The molecule has 1 aromatic carbocycles. The van der Waals surface area contributed by atoms with Gasteiger partial charge < -0.3 is 31.5 Å². The number of ketones is 2. The smallest absolute Gasteiger partial charge is 0.274 e. The molecule has 12 nitrogen and oxygen atoms in total. The summed E-state index contributed by atoms with van der Waals surface area (Å²) in [5, 5.41) is 47.0. The summed E-state index contributed by atoms with van der Waals surface area (Å²) in [6.45, 7) is 0. The van der Waals surface area contributed by atoms with E-state index in [2.05, 4.69) is 10.3 Å². The summed E-state index contributed by atoms with van der Waals surface area (Å²) in [5.41, 5.74) is 0.0371. The van der Waals surface area contributed by atoms with Crippen LogP contribution in [0.25, 0.3) is 5.76 Å². The van der Waals surface area contributed by atoms with E-state index in [0.717, 1.165) is 6.07 Å². The van der Waals surface area contributed by atoms with Gasteiger partial charge in [-0.3, -0.25) is 29.1 Å². The Morgan fingerprint density at radius 2 is 1.90 bits per heavy atom. The van der Waals surface area contributed by atoms with Crippen LogP contribution < -0.4 is 11.1 Å². The van der Waals surface area contributed by atoms with Gasteiger partial charge in [0.2, 0.25) is 5.78 Å². The first-order chi connectivity index (χ1) is 18.8. The maximum Gasteiger partial charge on any atom is 0.274 e. The van der Waals surface area contributed by atoms with Gasteiger partial charge in [-0.25, -0.2) is 4.39 Å². The van der Waals surface area contributed by atoms with Crippen molar-refractivity contribution in [3.63, 3.8) is 0 Å². The molecule has 2 amide bonds. The average molecular weight is 553 g/mol. The second kappa shape index (κ2) is 9.24. The Balaban J connectivity index is 1.65. The van der Waals surface area contributed by atoms with Crippen molar-refractivity contribution in [2.24, 2.45) is 17.6 Å². The molecule has 5 rings (SSSR count). The lowest BCUT2D eigenvalue weighted by Crippen LogP contribution is -2.65. The third-order valence-electron chi connectivity index (χ3n) is 7.81. The number of anilines is 1. The summed E-state index contributed by atoms with van der Waals surface area (Å²) in [6, 6.07) is 4.13. The molecule has 40 heavy (non-hydrogen) atoms. The Labute approximate surface area is 226 Å². The first kappa shape index (κ1) is 27.0. The standard InChI is InChI=1S/C27H25FN4O8/c1-32(2)19-12-8-10-7-11-13(28)9-15(31-26(39)14-5-3-4-6-30-14)20(33)17(11)21(34)16(10)23(36)27(12,40)24(37)18(22(19)35)25(29)38/h3-6,9-10,12,19,33-34,37,40H,7-8H2,1-2H3,(H2,29,38)(H,31,39)/t10-,12-,19-,27-/m0/s1. The number of primary amides is 1. The molecular formula is C27H25FN4O8. The molecular weight excluding hydrogens is 527 g/mol. The van der Waals surface area contributed by atoms with E-state index in [9.17, 15) is 39.6 Å². The number of amides is 2. The number of nitrogens with one attached hydrogen (secondary N) is 1. The van der Waals surface area contributed by atoms with Gasteiger partial charge in [0.1, 0.15) is 28.6 Å². The van der Waals surface area contributed by atoms with Crippen molar-refractivity contribution in [1.82, 2.24) is 9.88 Å². The Hall–Kier alpha value is -4.62. The van der Waals surface area contributed by atoms with E-state index in [4.69, 9.17) is 5.73 Å². The van der Waals surface area contributed by atoms with Gasteiger partial charge in [-0.1, -0.05) is 6.07 Å². The van der Waals surface area contributed by atoms with E-state index < -0.39 is 92.3 Å².